The van der Waals surface area contributed by atoms with Crippen LogP contribution in [0.5, 0.6) is 0 Å². The van der Waals surface area contributed by atoms with Crippen LogP contribution in [0.1, 0.15) is 12.5 Å². The molecule has 0 radical (unpaired) electrons. The fraction of sp³-hybridized carbons (Fsp3) is 0.375. The van der Waals surface area contributed by atoms with E-state index in [1.807, 2.05) is 5.32 Å². The zero-order valence-corrected chi connectivity index (χ0v) is 14.7. The molecule has 0 aromatic heterocycles. The maximum Gasteiger partial charge on any atom is 0.405 e. The summed E-state index contributed by atoms with van der Waals surface area (Å²) in [5.74, 6) is -2.69. The standard InChI is InChI=1S/C16H16Cl2F3NO3/c1-2-25-15(24)12(7-10-3-4-11(17)8-13(10)18)14(23)5-6-22-9-16(19,20)21/h3-6,8,12,22H,2,7,9H2,1H3/b6-5+/t12-/m0/s1. The van der Waals surface area contributed by atoms with Crippen LogP contribution in [0.25, 0.3) is 0 Å². The summed E-state index contributed by atoms with van der Waals surface area (Å²) in [5.41, 5.74) is 0.495. The van der Waals surface area contributed by atoms with Gasteiger partial charge in [-0.25, -0.2) is 0 Å². The van der Waals surface area contributed by atoms with Crippen molar-refractivity contribution >= 4 is 35.0 Å². The molecular formula is C16H16Cl2F3NO3. The van der Waals surface area contributed by atoms with E-state index in [0.29, 0.717) is 10.6 Å². The molecule has 0 amide bonds. The van der Waals surface area contributed by atoms with E-state index in [0.717, 1.165) is 12.3 Å². The van der Waals surface area contributed by atoms with Gasteiger partial charge in [-0.1, -0.05) is 29.3 Å². The highest BCUT2D eigenvalue weighted by Gasteiger charge is 2.28. The number of carbonyl (C=O) groups excluding carboxylic acids is 2. The van der Waals surface area contributed by atoms with Crippen LogP contribution in [0.15, 0.2) is 30.5 Å². The van der Waals surface area contributed by atoms with Crippen LogP contribution in [0.4, 0.5) is 13.2 Å². The minimum atomic E-state index is -4.41. The third-order valence-corrected chi connectivity index (χ3v) is 3.61. The molecule has 0 spiro atoms. The Hall–Kier alpha value is -1.73. The number of ketones is 1. The van der Waals surface area contributed by atoms with Gasteiger partial charge in [0.25, 0.3) is 0 Å². The van der Waals surface area contributed by atoms with Gasteiger partial charge in [0.05, 0.1) is 6.61 Å². The quantitative estimate of drug-likeness (QED) is 0.409. The van der Waals surface area contributed by atoms with E-state index >= 15 is 0 Å². The van der Waals surface area contributed by atoms with Crippen molar-refractivity contribution in [3.8, 4) is 0 Å². The molecule has 1 N–H and O–H groups in total. The van der Waals surface area contributed by atoms with Gasteiger partial charge in [-0.2, -0.15) is 13.2 Å². The van der Waals surface area contributed by atoms with Crippen molar-refractivity contribution < 1.29 is 27.5 Å². The van der Waals surface area contributed by atoms with E-state index in [9.17, 15) is 22.8 Å². The first kappa shape index (κ1) is 21.3. The molecule has 0 heterocycles. The van der Waals surface area contributed by atoms with Crippen molar-refractivity contribution in [1.29, 1.82) is 0 Å². The lowest BCUT2D eigenvalue weighted by Gasteiger charge is -2.14. The van der Waals surface area contributed by atoms with Gasteiger partial charge in [-0.05, 0) is 37.1 Å². The molecule has 1 aromatic carbocycles. The van der Waals surface area contributed by atoms with Crippen molar-refractivity contribution in [2.45, 2.75) is 19.5 Å². The first-order valence-corrected chi connectivity index (χ1v) is 8.00. The van der Waals surface area contributed by atoms with E-state index in [4.69, 9.17) is 27.9 Å². The summed E-state index contributed by atoms with van der Waals surface area (Å²) in [7, 11) is 0. The van der Waals surface area contributed by atoms with Gasteiger partial charge in [0, 0.05) is 16.2 Å². The lowest BCUT2D eigenvalue weighted by molar-refractivity contribution is -0.150. The number of esters is 1. The Morgan fingerprint density at radius 3 is 2.56 bits per heavy atom. The molecule has 1 atom stereocenters. The van der Waals surface area contributed by atoms with Crippen LogP contribution in [0.2, 0.25) is 10.0 Å². The molecule has 1 rings (SSSR count). The van der Waals surface area contributed by atoms with Gasteiger partial charge in [0.2, 0.25) is 0 Å². The molecule has 4 nitrogen and oxygen atoms in total. The second kappa shape index (κ2) is 9.68. The predicted octanol–water partition coefficient (Wildman–Crippen LogP) is 3.95. The number of rotatable bonds is 8. The second-order valence-electron chi connectivity index (χ2n) is 4.98. The normalized spacial score (nSPS) is 12.9. The van der Waals surface area contributed by atoms with Crippen LogP contribution in [0.3, 0.4) is 0 Å². The van der Waals surface area contributed by atoms with Gasteiger partial charge in [0.1, 0.15) is 12.5 Å². The first-order valence-electron chi connectivity index (χ1n) is 7.25. The average molecular weight is 398 g/mol. The summed E-state index contributed by atoms with van der Waals surface area (Å²) in [6.45, 7) is 0.353. The van der Waals surface area contributed by atoms with E-state index in [1.54, 1.807) is 19.1 Å². The molecule has 138 valence electrons. The number of carbonyl (C=O) groups is 2. The van der Waals surface area contributed by atoms with Crippen molar-refractivity contribution in [2.24, 2.45) is 5.92 Å². The van der Waals surface area contributed by atoms with Gasteiger partial charge in [-0.15, -0.1) is 0 Å². The predicted molar refractivity (Wildman–Crippen MR) is 88.5 cm³/mol. The van der Waals surface area contributed by atoms with Gasteiger partial charge in [-0.3, -0.25) is 9.59 Å². The number of allylic oxidation sites excluding steroid dienone is 1. The largest absolute Gasteiger partial charge is 0.465 e. The topological polar surface area (TPSA) is 55.4 Å². The minimum absolute atomic E-state index is 0.0583. The zero-order valence-electron chi connectivity index (χ0n) is 13.2. The van der Waals surface area contributed by atoms with E-state index in [1.165, 1.54) is 6.07 Å². The summed E-state index contributed by atoms with van der Waals surface area (Å²) >= 11 is 11.8. The number of benzene rings is 1. The molecule has 0 saturated carbocycles. The molecule has 0 aliphatic heterocycles. The molecule has 0 aliphatic carbocycles. The van der Waals surface area contributed by atoms with Crippen LogP contribution in [-0.2, 0) is 20.7 Å². The Labute approximate surface area is 152 Å². The maximum absolute atomic E-state index is 12.2. The summed E-state index contributed by atoms with van der Waals surface area (Å²) in [6, 6.07) is 4.58. The van der Waals surface area contributed by atoms with Crippen LogP contribution in [-0.4, -0.2) is 31.1 Å². The summed E-state index contributed by atoms with van der Waals surface area (Å²) in [4.78, 5) is 24.2. The number of hydrogen-bond donors (Lipinski definition) is 1. The molecule has 0 bridgehead atoms. The van der Waals surface area contributed by atoms with E-state index in [-0.39, 0.29) is 18.1 Å². The first-order chi connectivity index (χ1) is 11.6. The van der Waals surface area contributed by atoms with Gasteiger partial charge in [0.15, 0.2) is 5.78 Å². The fourth-order valence-electron chi connectivity index (χ4n) is 1.88. The molecular weight excluding hydrogens is 382 g/mol. The fourth-order valence-corrected chi connectivity index (χ4v) is 2.37. The van der Waals surface area contributed by atoms with Crippen molar-refractivity contribution in [1.82, 2.24) is 5.32 Å². The number of ether oxygens (including phenoxy) is 1. The number of alkyl halides is 3. The molecule has 0 fully saturated rings. The van der Waals surface area contributed by atoms with Crippen molar-refractivity contribution in [3.63, 3.8) is 0 Å². The molecule has 0 unspecified atom stereocenters. The van der Waals surface area contributed by atoms with Crippen LogP contribution < -0.4 is 5.32 Å². The minimum Gasteiger partial charge on any atom is -0.465 e. The highest BCUT2D eigenvalue weighted by Crippen LogP contribution is 2.24. The number of hydrogen-bond acceptors (Lipinski definition) is 4. The third-order valence-electron chi connectivity index (χ3n) is 3.02. The highest BCUT2D eigenvalue weighted by molar-refractivity contribution is 6.35. The van der Waals surface area contributed by atoms with E-state index in [2.05, 4.69) is 0 Å². The molecule has 1 aromatic rings. The Balaban J connectivity index is 2.87. The number of nitrogens with one attached hydrogen (secondary N) is 1. The molecule has 25 heavy (non-hydrogen) atoms. The SMILES string of the molecule is CCOC(=O)[C@@H](Cc1ccc(Cl)cc1Cl)C(=O)/C=C/NCC(F)(F)F. The van der Waals surface area contributed by atoms with Gasteiger partial charge >= 0.3 is 12.1 Å². The Morgan fingerprint density at radius 2 is 2.00 bits per heavy atom. The summed E-state index contributed by atoms with van der Waals surface area (Å²) < 4.78 is 41.0. The maximum atomic E-state index is 12.2. The molecule has 0 aliphatic rings. The Morgan fingerprint density at radius 1 is 1.32 bits per heavy atom. The smallest absolute Gasteiger partial charge is 0.405 e. The molecule has 9 heteroatoms. The number of halogens is 5. The van der Waals surface area contributed by atoms with Crippen LogP contribution >= 0.6 is 23.2 Å². The Bertz CT molecular complexity index is 648. The van der Waals surface area contributed by atoms with E-state index < -0.39 is 30.4 Å². The third kappa shape index (κ3) is 7.79. The lowest BCUT2D eigenvalue weighted by Crippen LogP contribution is -2.28. The molecule has 0 saturated heterocycles. The highest BCUT2D eigenvalue weighted by atomic mass is 35.5. The average Bonchev–Trinajstić information content (AvgIpc) is 2.50. The Kier molecular flexibility index (Phi) is 8.25. The monoisotopic (exact) mass is 397 g/mol. The second-order valence-corrected chi connectivity index (χ2v) is 5.82. The van der Waals surface area contributed by atoms with Crippen molar-refractivity contribution in [3.05, 3.63) is 46.1 Å². The van der Waals surface area contributed by atoms with Crippen molar-refractivity contribution in [2.75, 3.05) is 13.2 Å². The summed E-state index contributed by atoms with van der Waals surface area (Å²) in [6.07, 6.45) is -2.75. The summed E-state index contributed by atoms with van der Waals surface area (Å²) in [5, 5.41) is 2.61. The zero-order chi connectivity index (χ0) is 19.0. The van der Waals surface area contributed by atoms with Crippen LogP contribution in [0, 0.1) is 5.92 Å². The lowest BCUT2D eigenvalue weighted by atomic mass is 9.95. The van der Waals surface area contributed by atoms with Gasteiger partial charge < -0.3 is 10.1 Å².